The minimum atomic E-state index is -1.04. The first-order valence-electron chi connectivity index (χ1n) is 5.31. The van der Waals surface area contributed by atoms with Gasteiger partial charge in [0.2, 0.25) is 0 Å². The quantitative estimate of drug-likeness (QED) is 0.918. The van der Waals surface area contributed by atoms with Crippen LogP contribution < -0.4 is 4.74 Å². The Morgan fingerprint density at radius 3 is 2.84 bits per heavy atom. The van der Waals surface area contributed by atoms with Gasteiger partial charge in [-0.3, -0.25) is 4.98 Å². The normalized spacial score (nSPS) is 10.2. The molecule has 2 rings (SSSR count). The van der Waals surface area contributed by atoms with E-state index >= 15 is 0 Å². The lowest BCUT2D eigenvalue weighted by Gasteiger charge is -2.08. The number of ether oxygens (including phenoxy) is 1. The second-order valence-electron chi connectivity index (χ2n) is 3.74. The van der Waals surface area contributed by atoms with Crippen LogP contribution in [0.15, 0.2) is 41.1 Å². The zero-order valence-corrected chi connectivity index (χ0v) is 12.0. The molecule has 0 amide bonds. The number of aromatic carboxylic acids is 1. The van der Waals surface area contributed by atoms with Crippen LogP contribution in [-0.4, -0.2) is 16.1 Å². The molecular formula is C13H9BrClNO3. The Hall–Kier alpha value is -1.59. The highest BCUT2D eigenvalue weighted by Gasteiger charge is 2.06. The van der Waals surface area contributed by atoms with E-state index in [4.69, 9.17) is 21.4 Å². The molecule has 1 heterocycles. The maximum absolute atomic E-state index is 10.8. The van der Waals surface area contributed by atoms with Crippen LogP contribution in [0.25, 0.3) is 0 Å². The monoisotopic (exact) mass is 341 g/mol. The number of hydrogen-bond acceptors (Lipinski definition) is 3. The molecular weight excluding hydrogens is 334 g/mol. The van der Waals surface area contributed by atoms with Crippen LogP contribution in [0.5, 0.6) is 5.75 Å². The number of halogens is 2. The average molecular weight is 343 g/mol. The van der Waals surface area contributed by atoms with E-state index in [2.05, 4.69) is 20.9 Å². The maximum Gasteiger partial charge on any atom is 0.337 e. The molecule has 1 aromatic heterocycles. The summed E-state index contributed by atoms with van der Waals surface area (Å²) < 4.78 is 6.36. The number of benzene rings is 1. The largest absolute Gasteiger partial charge is 0.487 e. The number of carbonyl (C=O) groups is 1. The topological polar surface area (TPSA) is 59.4 Å². The summed E-state index contributed by atoms with van der Waals surface area (Å²) in [7, 11) is 0. The van der Waals surface area contributed by atoms with Gasteiger partial charge in [0.25, 0.3) is 0 Å². The van der Waals surface area contributed by atoms with Crippen molar-refractivity contribution in [2.24, 2.45) is 0 Å². The van der Waals surface area contributed by atoms with Crippen molar-refractivity contribution in [3.8, 4) is 5.75 Å². The second-order valence-corrected chi connectivity index (χ2v) is 5.06. The van der Waals surface area contributed by atoms with Crippen LogP contribution in [0.1, 0.15) is 15.9 Å². The summed E-state index contributed by atoms with van der Waals surface area (Å²) in [6.07, 6.45) is 2.72. The molecule has 0 saturated carbocycles. The van der Waals surface area contributed by atoms with Crippen LogP contribution >= 0.6 is 27.5 Å². The summed E-state index contributed by atoms with van der Waals surface area (Å²) in [5.74, 6) is -0.654. The lowest BCUT2D eigenvalue weighted by Crippen LogP contribution is -2.00. The Labute approximate surface area is 123 Å². The Bertz CT molecular complexity index is 619. The van der Waals surface area contributed by atoms with Crippen LogP contribution in [0.3, 0.4) is 0 Å². The van der Waals surface area contributed by atoms with Gasteiger partial charge in [-0.15, -0.1) is 0 Å². The van der Waals surface area contributed by atoms with Gasteiger partial charge < -0.3 is 9.84 Å². The molecule has 1 N–H and O–H groups in total. The van der Waals surface area contributed by atoms with Gasteiger partial charge in [-0.05, 0) is 18.2 Å². The van der Waals surface area contributed by atoms with Gasteiger partial charge in [-0.25, -0.2) is 4.79 Å². The predicted molar refractivity (Wildman–Crippen MR) is 74.7 cm³/mol. The fourth-order valence-corrected chi connectivity index (χ4v) is 2.14. The molecule has 0 aliphatic carbocycles. The number of carboxylic acids is 1. The first-order chi connectivity index (χ1) is 9.06. The number of carboxylic acid groups (broad SMARTS) is 1. The minimum absolute atomic E-state index is 0.0828. The molecule has 98 valence electrons. The molecule has 0 fully saturated rings. The zero-order chi connectivity index (χ0) is 13.8. The van der Waals surface area contributed by atoms with Crippen molar-refractivity contribution in [3.63, 3.8) is 0 Å². The van der Waals surface area contributed by atoms with Crippen molar-refractivity contribution in [2.45, 2.75) is 6.61 Å². The molecule has 4 nitrogen and oxygen atoms in total. The standard InChI is InChI=1S/C13H9BrClNO3/c14-10-2-1-8(12(15)4-10)7-19-11-3-9(13(17)18)5-16-6-11/h1-6H,7H2,(H,17,18). The molecule has 19 heavy (non-hydrogen) atoms. The molecule has 0 atom stereocenters. The van der Waals surface area contributed by atoms with Gasteiger partial charge in [0, 0.05) is 21.3 Å². The van der Waals surface area contributed by atoms with E-state index in [0.717, 1.165) is 10.0 Å². The summed E-state index contributed by atoms with van der Waals surface area (Å²) in [5.41, 5.74) is 0.894. The van der Waals surface area contributed by atoms with Crippen molar-refractivity contribution in [1.29, 1.82) is 0 Å². The maximum atomic E-state index is 10.8. The van der Waals surface area contributed by atoms with E-state index in [1.165, 1.54) is 18.5 Å². The van der Waals surface area contributed by atoms with E-state index in [9.17, 15) is 4.79 Å². The molecule has 1 aromatic carbocycles. The Morgan fingerprint density at radius 1 is 1.37 bits per heavy atom. The van der Waals surface area contributed by atoms with Crippen molar-refractivity contribution >= 4 is 33.5 Å². The van der Waals surface area contributed by atoms with Crippen LogP contribution in [0.2, 0.25) is 5.02 Å². The Morgan fingerprint density at radius 2 is 2.16 bits per heavy atom. The molecule has 6 heteroatoms. The smallest absolute Gasteiger partial charge is 0.337 e. The lowest BCUT2D eigenvalue weighted by atomic mass is 10.2. The molecule has 0 radical (unpaired) electrons. The predicted octanol–water partition coefficient (Wildman–Crippen LogP) is 3.77. The third kappa shape index (κ3) is 3.68. The highest BCUT2D eigenvalue weighted by Crippen LogP contribution is 2.23. The summed E-state index contributed by atoms with van der Waals surface area (Å²) in [5, 5.41) is 9.43. The SMILES string of the molecule is O=C(O)c1cncc(OCc2ccc(Br)cc2Cl)c1. The van der Waals surface area contributed by atoms with E-state index in [-0.39, 0.29) is 12.2 Å². The first-order valence-corrected chi connectivity index (χ1v) is 6.48. The van der Waals surface area contributed by atoms with Crippen LogP contribution in [-0.2, 0) is 6.61 Å². The number of pyridine rings is 1. The van der Waals surface area contributed by atoms with Gasteiger partial charge in [0.05, 0.1) is 11.8 Å². The molecule has 0 saturated heterocycles. The summed E-state index contributed by atoms with van der Waals surface area (Å²) in [4.78, 5) is 14.6. The van der Waals surface area contributed by atoms with Crippen molar-refractivity contribution in [2.75, 3.05) is 0 Å². The van der Waals surface area contributed by atoms with Crippen molar-refractivity contribution < 1.29 is 14.6 Å². The fraction of sp³-hybridized carbons (Fsp3) is 0.0769. The van der Waals surface area contributed by atoms with Crippen LogP contribution in [0, 0.1) is 0 Å². The molecule has 0 unspecified atom stereocenters. The van der Waals surface area contributed by atoms with Crippen molar-refractivity contribution in [3.05, 3.63) is 57.3 Å². The highest BCUT2D eigenvalue weighted by molar-refractivity contribution is 9.10. The van der Waals surface area contributed by atoms with E-state index in [0.29, 0.717) is 10.8 Å². The summed E-state index contributed by atoms with van der Waals surface area (Å²) in [6.45, 7) is 0.247. The first kappa shape index (κ1) is 13.8. The van der Waals surface area contributed by atoms with Gasteiger partial charge in [-0.1, -0.05) is 33.6 Å². The molecule has 0 aliphatic heterocycles. The van der Waals surface area contributed by atoms with E-state index < -0.39 is 5.97 Å². The third-order valence-electron chi connectivity index (χ3n) is 2.37. The number of rotatable bonds is 4. The van der Waals surface area contributed by atoms with Gasteiger partial charge >= 0.3 is 5.97 Å². The van der Waals surface area contributed by atoms with Gasteiger partial charge in [0.15, 0.2) is 0 Å². The van der Waals surface area contributed by atoms with E-state index in [1.54, 1.807) is 6.07 Å². The fourth-order valence-electron chi connectivity index (χ4n) is 1.41. The number of aromatic nitrogens is 1. The number of nitrogens with zero attached hydrogens (tertiary/aromatic N) is 1. The minimum Gasteiger partial charge on any atom is -0.487 e. The van der Waals surface area contributed by atoms with Crippen molar-refractivity contribution in [1.82, 2.24) is 4.98 Å². The van der Waals surface area contributed by atoms with Gasteiger partial charge in [-0.2, -0.15) is 0 Å². The Balaban J connectivity index is 2.10. The highest BCUT2D eigenvalue weighted by atomic mass is 79.9. The summed E-state index contributed by atoms with van der Waals surface area (Å²) in [6, 6.07) is 6.88. The average Bonchev–Trinajstić information content (AvgIpc) is 2.38. The third-order valence-corrected chi connectivity index (χ3v) is 3.21. The number of hydrogen-bond donors (Lipinski definition) is 1. The lowest BCUT2D eigenvalue weighted by molar-refractivity contribution is 0.0696. The zero-order valence-electron chi connectivity index (χ0n) is 9.64. The Kier molecular flexibility index (Phi) is 4.39. The van der Waals surface area contributed by atoms with E-state index in [1.807, 2.05) is 12.1 Å². The molecule has 2 aromatic rings. The second kappa shape index (κ2) is 6.04. The molecule has 0 spiro atoms. The molecule has 0 bridgehead atoms. The molecule has 0 aliphatic rings. The van der Waals surface area contributed by atoms with Crippen LogP contribution in [0.4, 0.5) is 0 Å². The summed E-state index contributed by atoms with van der Waals surface area (Å²) >= 11 is 9.37. The van der Waals surface area contributed by atoms with Gasteiger partial charge in [0.1, 0.15) is 12.4 Å².